The van der Waals surface area contributed by atoms with Gasteiger partial charge in [-0.1, -0.05) is 0 Å². The van der Waals surface area contributed by atoms with E-state index in [1.54, 1.807) is 0 Å². The molecule has 118 valence electrons. The third-order valence-electron chi connectivity index (χ3n) is 2.74. The minimum atomic E-state index is -1.52. The highest BCUT2D eigenvalue weighted by atomic mass is 32.2. The molecule has 1 aromatic rings. The molecule has 1 fully saturated rings. The fourth-order valence-electron chi connectivity index (χ4n) is 1.81. The molecule has 1 unspecified atom stereocenters. The Balaban J connectivity index is 2.47. The van der Waals surface area contributed by atoms with Crippen molar-refractivity contribution in [3.8, 4) is 0 Å². The molecule has 0 saturated carbocycles. The van der Waals surface area contributed by atoms with Crippen molar-refractivity contribution in [2.75, 3.05) is 6.01 Å². The van der Waals surface area contributed by atoms with Crippen molar-refractivity contribution in [3.63, 3.8) is 0 Å². The van der Waals surface area contributed by atoms with Crippen molar-refractivity contribution >= 4 is 33.0 Å². The lowest BCUT2D eigenvalue weighted by Crippen LogP contribution is -2.46. The molecule has 0 bridgehead atoms. The van der Waals surface area contributed by atoms with Crippen molar-refractivity contribution in [1.29, 1.82) is 0 Å². The SMILES string of the molecule is CC1(C)OC(=O)C(=S(CF)c2ccc([N+](=O)[O-])cc2)C(=O)O1. The predicted octanol–water partition coefficient (Wildman–Crippen LogP) is 2.16. The summed E-state index contributed by atoms with van der Waals surface area (Å²) in [6.07, 6.45) is 0. The van der Waals surface area contributed by atoms with E-state index in [0.29, 0.717) is 0 Å². The van der Waals surface area contributed by atoms with Gasteiger partial charge in [0.05, 0.1) is 4.92 Å². The molecule has 0 aliphatic carbocycles. The lowest BCUT2D eigenvalue weighted by atomic mass is 10.3. The van der Waals surface area contributed by atoms with Gasteiger partial charge in [0.25, 0.3) is 11.5 Å². The molecule has 0 N–H and O–H groups in total. The summed E-state index contributed by atoms with van der Waals surface area (Å²) < 4.78 is 23.2. The molecule has 22 heavy (non-hydrogen) atoms. The molecule has 2 rings (SSSR count). The van der Waals surface area contributed by atoms with Gasteiger partial charge < -0.3 is 9.47 Å². The van der Waals surface area contributed by atoms with Crippen molar-refractivity contribution in [1.82, 2.24) is 0 Å². The Hall–Kier alpha value is -2.29. The average molecular weight is 329 g/mol. The first-order chi connectivity index (χ1) is 10.2. The van der Waals surface area contributed by atoms with Crippen LogP contribution in [0.3, 0.4) is 0 Å². The Labute approximate surface area is 127 Å². The number of benzene rings is 1. The van der Waals surface area contributed by atoms with E-state index >= 15 is 0 Å². The molecule has 1 saturated heterocycles. The van der Waals surface area contributed by atoms with Gasteiger partial charge in [-0.3, -0.25) is 10.1 Å². The van der Waals surface area contributed by atoms with Crippen LogP contribution in [0, 0.1) is 10.1 Å². The summed E-state index contributed by atoms with van der Waals surface area (Å²) in [6.45, 7) is 2.78. The number of hydrogen-bond donors (Lipinski definition) is 0. The van der Waals surface area contributed by atoms with Crippen LogP contribution in [0.15, 0.2) is 29.2 Å². The zero-order valence-corrected chi connectivity index (χ0v) is 12.5. The lowest BCUT2D eigenvalue weighted by Gasteiger charge is -2.30. The van der Waals surface area contributed by atoms with Gasteiger partial charge >= 0.3 is 11.9 Å². The average Bonchev–Trinajstić information content (AvgIpc) is 2.41. The maximum Gasteiger partial charge on any atom is 0.355 e. The first kappa shape index (κ1) is 16.1. The van der Waals surface area contributed by atoms with Gasteiger partial charge in [-0.15, -0.1) is 10.5 Å². The highest BCUT2D eigenvalue weighted by molar-refractivity contribution is 8.17. The second-order valence-electron chi connectivity index (χ2n) is 4.76. The minimum Gasteiger partial charge on any atom is -0.419 e. The maximum atomic E-state index is 13.4. The number of alkyl halides is 1. The molecule has 1 aliphatic heterocycles. The number of non-ortho nitro benzene ring substituents is 1. The number of nitro benzene ring substituents is 1. The molecule has 0 aromatic heterocycles. The van der Waals surface area contributed by atoms with Crippen LogP contribution >= 0.6 is 10.5 Å². The van der Waals surface area contributed by atoms with E-state index in [2.05, 4.69) is 0 Å². The molecule has 1 atom stereocenters. The van der Waals surface area contributed by atoms with Gasteiger partial charge in [0.15, 0.2) is 4.86 Å². The van der Waals surface area contributed by atoms with E-state index in [1.807, 2.05) is 0 Å². The summed E-state index contributed by atoms with van der Waals surface area (Å²) in [6, 6.07) is 3.93. The van der Waals surface area contributed by atoms with Gasteiger partial charge in [-0.05, 0) is 12.1 Å². The molecule has 9 heteroatoms. The summed E-state index contributed by atoms with van der Waals surface area (Å²) in [5.74, 6) is -3.29. The normalized spacial score (nSPS) is 18.4. The van der Waals surface area contributed by atoms with Gasteiger partial charge in [0, 0.05) is 30.9 Å². The molecule has 1 heterocycles. The number of carbonyl (C=O) groups is 2. The Morgan fingerprint density at radius 3 is 2.09 bits per heavy atom. The smallest absolute Gasteiger partial charge is 0.355 e. The number of esters is 2. The monoisotopic (exact) mass is 329 g/mol. The number of nitro groups is 1. The van der Waals surface area contributed by atoms with E-state index in [9.17, 15) is 24.1 Å². The van der Waals surface area contributed by atoms with Gasteiger partial charge in [-0.2, -0.15) is 0 Å². The topological polar surface area (TPSA) is 95.7 Å². The molecule has 0 spiro atoms. The largest absolute Gasteiger partial charge is 0.419 e. The summed E-state index contributed by atoms with van der Waals surface area (Å²) in [5.41, 5.74) is -0.175. The number of ether oxygens (including phenoxy) is 2. The van der Waals surface area contributed by atoms with Gasteiger partial charge in [0.1, 0.15) is 6.01 Å². The number of hydrogen-bond acceptors (Lipinski definition) is 6. The summed E-state index contributed by atoms with van der Waals surface area (Å²) in [7, 11) is -1.52. The molecule has 0 amide bonds. The standard InChI is InChI=1S/C13H12FNO6S/c1-13(2)20-11(16)10(12(17)21-13)22(7-14)9-5-3-8(4-6-9)15(18)19/h3-6H,7H2,1-2H3. The summed E-state index contributed by atoms with van der Waals surface area (Å²) in [5, 5.41) is 10.6. The van der Waals surface area contributed by atoms with Crippen molar-refractivity contribution in [3.05, 3.63) is 34.4 Å². The first-order valence-corrected chi connectivity index (χ1v) is 7.49. The van der Waals surface area contributed by atoms with Crippen LogP contribution in [-0.4, -0.2) is 33.5 Å². The third-order valence-corrected chi connectivity index (χ3v) is 4.62. The predicted molar refractivity (Wildman–Crippen MR) is 76.2 cm³/mol. The van der Waals surface area contributed by atoms with E-state index in [0.717, 1.165) is 0 Å². The highest BCUT2D eigenvalue weighted by Crippen LogP contribution is 2.33. The highest BCUT2D eigenvalue weighted by Gasteiger charge is 2.41. The van der Waals surface area contributed by atoms with Crippen LogP contribution in [0.5, 0.6) is 0 Å². The van der Waals surface area contributed by atoms with Crippen LogP contribution in [0.1, 0.15) is 13.8 Å². The van der Waals surface area contributed by atoms with Crippen LogP contribution in [-0.2, 0) is 19.1 Å². The third kappa shape index (κ3) is 3.14. The second-order valence-corrected chi connectivity index (χ2v) is 6.64. The zero-order chi connectivity index (χ0) is 16.5. The second kappa shape index (κ2) is 5.84. The number of nitrogens with zero attached hydrogens (tertiary/aromatic N) is 1. The van der Waals surface area contributed by atoms with Crippen molar-refractivity contribution in [2.45, 2.75) is 24.5 Å². The van der Waals surface area contributed by atoms with E-state index < -0.39 is 44.0 Å². The fourth-order valence-corrected chi connectivity index (χ4v) is 3.23. The Morgan fingerprint density at radius 1 is 1.18 bits per heavy atom. The van der Waals surface area contributed by atoms with Crippen molar-refractivity contribution < 1.29 is 28.4 Å². The summed E-state index contributed by atoms with van der Waals surface area (Å²) in [4.78, 5) is 33.7. The number of halogens is 1. The Bertz CT molecular complexity index is 660. The van der Waals surface area contributed by atoms with Crippen LogP contribution < -0.4 is 0 Å². The van der Waals surface area contributed by atoms with E-state index in [-0.39, 0.29) is 10.6 Å². The van der Waals surface area contributed by atoms with Crippen LogP contribution in [0.4, 0.5) is 10.1 Å². The molecule has 1 aliphatic rings. The van der Waals surface area contributed by atoms with Gasteiger partial charge in [0.2, 0.25) is 0 Å². The Kier molecular flexibility index (Phi) is 4.27. The zero-order valence-electron chi connectivity index (χ0n) is 11.7. The fraction of sp³-hybridized carbons (Fsp3) is 0.308. The van der Waals surface area contributed by atoms with Crippen LogP contribution in [0.25, 0.3) is 0 Å². The Morgan fingerprint density at radius 2 is 1.68 bits per heavy atom. The minimum absolute atomic E-state index is 0.175. The molecule has 1 aromatic carbocycles. The van der Waals surface area contributed by atoms with Gasteiger partial charge in [-0.25, -0.2) is 14.0 Å². The van der Waals surface area contributed by atoms with Crippen LogP contribution in [0.2, 0.25) is 0 Å². The molecular formula is C13H12FNO6S. The molecule has 7 nitrogen and oxygen atoms in total. The maximum absolute atomic E-state index is 13.4. The van der Waals surface area contributed by atoms with E-state index in [1.165, 1.54) is 38.1 Å². The molecular weight excluding hydrogens is 317 g/mol. The number of cyclic esters (lactones) is 2. The molecule has 0 radical (unpaired) electrons. The van der Waals surface area contributed by atoms with E-state index in [4.69, 9.17) is 9.47 Å². The quantitative estimate of drug-likeness (QED) is 0.365. The first-order valence-electron chi connectivity index (χ1n) is 6.10. The van der Waals surface area contributed by atoms with Crippen molar-refractivity contribution in [2.24, 2.45) is 0 Å². The number of carbonyl (C=O) groups excluding carboxylic acids is 2. The number of rotatable bonds is 3. The summed E-state index contributed by atoms with van der Waals surface area (Å²) >= 11 is 0. The lowest BCUT2D eigenvalue weighted by molar-refractivity contribution is -0.384.